The second-order valence-electron chi connectivity index (χ2n) is 8.07. The van der Waals surface area contributed by atoms with Crippen LogP contribution in [-0.2, 0) is 11.2 Å². The summed E-state index contributed by atoms with van der Waals surface area (Å²) in [5, 5.41) is 6.53. The SMILES string of the molecule is CCCCc1ccc(Nc2nc(Nc3cccc(C(C)=O)c3)nc(N3CCOCC3)n2)cc1. The van der Waals surface area contributed by atoms with Crippen molar-refractivity contribution in [2.24, 2.45) is 0 Å². The quantitative estimate of drug-likeness (QED) is 0.455. The number of aromatic nitrogens is 3. The standard InChI is InChI=1S/C25H30N6O2/c1-3-4-6-19-9-11-21(12-10-19)26-23-28-24(27-22-8-5-7-20(17-22)18(2)32)30-25(29-23)31-13-15-33-16-14-31/h5,7-12,17H,3-4,6,13-16H2,1-2H3,(H2,26,27,28,29,30). The molecule has 1 aromatic heterocycles. The third kappa shape index (κ3) is 6.26. The predicted octanol–water partition coefficient (Wildman–Crippen LogP) is 4.74. The van der Waals surface area contributed by atoms with Gasteiger partial charge in [-0.1, -0.05) is 37.6 Å². The van der Waals surface area contributed by atoms with Gasteiger partial charge >= 0.3 is 0 Å². The number of morpholine rings is 1. The minimum absolute atomic E-state index is 0.00745. The van der Waals surface area contributed by atoms with Gasteiger partial charge in [-0.05, 0) is 49.6 Å². The number of rotatable bonds is 9. The van der Waals surface area contributed by atoms with Crippen LogP contribution in [0.1, 0.15) is 42.6 Å². The van der Waals surface area contributed by atoms with Gasteiger partial charge in [0, 0.05) is 30.0 Å². The summed E-state index contributed by atoms with van der Waals surface area (Å²) in [5.74, 6) is 1.46. The van der Waals surface area contributed by atoms with E-state index in [1.807, 2.05) is 24.3 Å². The lowest BCUT2D eigenvalue weighted by Gasteiger charge is -2.27. The summed E-state index contributed by atoms with van der Waals surface area (Å²) in [6.45, 7) is 6.46. The molecule has 8 nitrogen and oxygen atoms in total. The molecule has 0 amide bonds. The largest absolute Gasteiger partial charge is 0.378 e. The van der Waals surface area contributed by atoms with Crippen molar-refractivity contribution in [2.75, 3.05) is 41.8 Å². The van der Waals surface area contributed by atoms with Gasteiger partial charge in [0.2, 0.25) is 17.8 Å². The lowest BCUT2D eigenvalue weighted by Crippen LogP contribution is -2.37. The second kappa shape index (κ2) is 10.9. The summed E-state index contributed by atoms with van der Waals surface area (Å²) in [5.41, 5.74) is 3.61. The van der Waals surface area contributed by atoms with Crippen LogP contribution in [0.5, 0.6) is 0 Å². The molecule has 1 saturated heterocycles. The van der Waals surface area contributed by atoms with Crippen molar-refractivity contribution >= 4 is 35.0 Å². The molecule has 1 aliphatic heterocycles. The Morgan fingerprint density at radius 2 is 1.67 bits per heavy atom. The molecule has 1 fully saturated rings. The van der Waals surface area contributed by atoms with Gasteiger partial charge in [0.05, 0.1) is 13.2 Å². The molecule has 172 valence electrons. The average molecular weight is 447 g/mol. The first kappa shape index (κ1) is 22.7. The van der Waals surface area contributed by atoms with Gasteiger partial charge in [0.25, 0.3) is 0 Å². The molecule has 1 aliphatic rings. The number of nitrogens with zero attached hydrogens (tertiary/aromatic N) is 4. The van der Waals surface area contributed by atoms with Crippen LogP contribution in [-0.4, -0.2) is 47.0 Å². The Bertz CT molecular complexity index is 1080. The zero-order valence-electron chi connectivity index (χ0n) is 19.2. The third-order valence-corrected chi connectivity index (χ3v) is 5.47. The molecule has 0 atom stereocenters. The topological polar surface area (TPSA) is 92.3 Å². The number of hydrogen-bond acceptors (Lipinski definition) is 8. The summed E-state index contributed by atoms with van der Waals surface area (Å²) >= 11 is 0. The Labute approximate surface area is 194 Å². The number of ether oxygens (including phenoxy) is 1. The van der Waals surface area contributed by atoms with Crippen molar-refractivity contribution < 1.29 is 9.53 Å². The van der Waals surface area contributed by atoms with Gasteiger partial charge in [-0.2, -0.15) is 15.0 Å². The highest BCUT2D eigenvalue weighted by molar-refractivity contribution is 5.95. The Hall–Kier alpha value is -3.52. The first-order valence-corrected chi connectivity index (χ1v) is 11.4. The zero-order chi connectivity index (χ0) is 23.0. The van der Waals surface area contributed by atoms with Gasteiger partial charge in [-0.15, -0.1) is 0 Å². The second-order valence-corrected chi connectivity index (χ2v) is 8.07. The minimum Gasteiger partial charge on any atom is -0.378 e. The van der Waals surface area contributed by atoms with Crippen LogP contribution < -0.4 is 15.5 Å². The van der Waals surface area contributed by atoms with E-state index >= 15 is 0 Å². The fourth-order valence-corrected chi connectivity index (χ4v) is 3.59. The number of Topliss-reactive ketones (excluding diaryl/α,β-unsaturated/α-hetero) is 1. The van der Waals surface area contributed by atoms with Crippen molar-refractivity contribution in [2.45, 2.75) is 33.1 Å². The van der Waals surface area contributed by atoms with E-state index in [0.29, 0.717) is 36.6 Å². The number of unbranched alkanes of at least 4 members (excludes halogenated alkanes) is 1. The monoisotopic (exact) mass is 446 g/mol. The summed E-state index contributed by atoms with van der Waals surface area (Å²) in [6.07, 6.45) is 3.44. The van der Waals surface area contributed by atoms with Crippen molar-refractivity contribution in [1.29, 1.82) is 0 Å². The van der Waals surface area contributed by atoms with Crippen LogP contribution in [0.2, 0.25) is 0 Å². The lowest BCUT2D eigenvalue weighted by molar-refractivity contribution is 0.101. The molecule has 4 rings (SSSR count). The molecule has 33 heavy (non-hydrogen) atoms. The Morgan fingerprint density at radius 1 is 0.970 bits per heavy atom. The maximum Gasteiger partial charge on any atom is 0.233 e. The highest BCUT2D eigenvalue weighted by atomic mass is 16.5. The molecule has 0 saturated carbocycles. The highest BCUT2D eigenvalue weighted by Gasteiger charge is 2.17. The van der Waals surface area contributed by atoms with Gasteiger partial charge in [-0.3, -0.25) is 4.79 Å². The molecule has 0 unspecified atom stereocenters. The molecule has 2 N–H and O–H groups in total. The Morgan fingerprint density at radius 3 is 2.33 bits per heavy atom. The summed E-state index contributed by atoms with van der Waals surface area (Å²) in [4.78, 5) is 27.7. The first-order valence-electron chi connectivity index (χ1n) is 11.4. The molecule has 0 radical (unpaired) electrons. The van der Waals surface area contributed by atoms with E-state index < -0.39 is 0 Å². The number of hydrogen-bond donors (Lipinski definition) is 2. The number of nitrogens with one attached hydrogen (secondary N) is 2. The van der Waals surface area contributed by atoms with E-state index in [0.717, 1.165) is 30.9 Å². The molecule has 3 aromatic rings. The maximum atomic E-state index is 11.8. The van der Waals surface area contributed by atoms with Crippen molar-refractivity contribution in [3.63, 3.8) is 0 Å². The van der Waals surface area contributed by atoms with Crippen LogP contribution in [0.4, 0.5) is 29.2 Å². The smallest absolute Gasteiger partial charge is 0.233 e. The number of benzene rings is 2. The van der Waals surface area contributed by atoms with E-state index in [1.54, 1.807) is 19.1 Å². The number of aryl methyl sites for hydroxylation is 1. The van der Waals surface area contributed by atoms with E-state index in [-0.39, 0.29) is 5.78 Å². The van der Waals surface area contributed by atoms with Crippen LogP contribution >= 0.6 is 0 Å². The van der Waals surface area contributed by atoms with Gasteiger partial charge in [-0.25, -0.2) is 0 Å². The number of ketones is 1. The van der Waals surface area contributed by atoms with Crippen molar-refractivity contribution in [1.82, 2.24) is 15.0 Å². The van der Waals surface area contributed by atoms with E-state index in [2.05, 4.69) is 49.5 Å². The van der Waals surface area contributed by atoms with Crippen molar-refractivity contribution in [3.8, 4) is 0 Å². The zero-order valence-corrected chi connectivity index (χ0v) is 19.2. The summed E-state index contributed by atoms with van der Waals surface area (Å²) in [6, 6.07) is 15.7. The Balaban J connectivity index is 1.59. The van der Waals surface area contributed by atoms with E-state index in [9.17, 15) is 4.79 Å². The average Bonchev–Trinajstić information content (AvgIpc) is 2.84. The van der Waals surface area contributed by atoms with E-state index in [1.165, 1.54) is 18.4 Å². The number of anilines is 5. The van der Waals surface area contributed by atoms with E-state index in [4.69, 9.17) is 4.74 Å². The highest BCUT2D eigenvalue weighted by Crippen LogP contribution is 2.22. The number of carbonyl (C=O) groups excluding carboxylic acids is 1. The van der Waals surface area contributed by atoms with Crippen LogP contribution in [0, 0.1) is 0 Å². The molecular weight excluding hydrogens is 416 g/mol. The minimum atomic E-state index is 0.00745. The molecule has 0 bridgehead atoms. The van der Waals surface area contributed by atoms with Gasteiger partial charge in [0.15, 0.2) is 5.78 Å². The molecule has 2 heterocycles. The fourth-order valence-electron chi connectivity index (χ4n) is 3.59. The maximum absolute atomic E-state index is 11.8. The van der Waals surface area contributed by atoms with Crippen LogP contribution in [0.3, 0.4) is 0 Å². The summed E-state index contributed by atoms with van der Waals surface area (Å²) < 4.78 is 5.47. The molecule has 0 spiro atoms. The normalized spacial score (nSPS) is 13.6. The molecule has 8 heteroatoms. The van der Waals surface area contributed by atoms with Crippen molar-refractivity contribution in [3.05, 3.63) is 59.7 Å². The van der Waals surface area contributed by atoms with Crippen LogP contribution in [0.15, 0.2) is 48.5 Å². The summed E-state index contributed by atoms with van der Waals surface area (Å²) in [7, 11) is 0. The fraction of sp³-hybridized carbons (Fsp3) is 0.360. The Kier molecular flexibility index (Phi) is 7.47. The molecule has 2 aromatic carbocycles. The molecular formula is C25H30N6O2. The predicted molar refractivity (Wildman–Crippen MR) is 131 cm³/mol. The van der Waals surface area contributed by atoms with Gasteiger partial charge in [0.1, 0.15) is 0 Å². The molecule has 0 aliphatic carbocycles. The third-order valence-electron chi connectivity index (χ3n) is 5.47. The van der Waals surface area contributed by atoms with Crippen LogP contribution in [0.25, 0.3) is 0 Å². The lowest BCUT2D eigenvalue weighted by atomic mass is 10.1. The van der Waals surface area contributed by atoms with Gasteiger partial charge < -0.3 is 20.3 Å². The first-order chi connectivity index (χ1) is 16.1. The number of carbonyl (C=O) groups is 1.